The first-order valence-electron chi connectivity index (χ1n) is 8.18. The van der Waals surface area contributed by atoms with Gasteiger partial charge in [-0.25, -0.2) is 0 Å². The topological polar surface area (TPSA) is 91.8 Å². The summed E-state index contributed by atoms with van der Waals surface area (Å²) in [6.07, 6.45) is 0. The van der Waals surface area contributed by atoms with Crippen LogP contribution < -0.4 is 4.74 Å². The number of aryl methyl sites for hydroxylation is 1. The van der Waals surface area contributed by atoms with Crippen LogP contribution in [0.1, 0.15) is 11.5 Å². The molecule has 0 radical (unpaired) electrons. The van der Waals surface area contributed by atoms with Crippen LogP contribution in [0.15, 0.2) is 58.2 Å². The molecule has 2 aromatic carbocycles. The Labute approximate surface area is 159 Å². The Bertz CT molecular complexity index is 1030. The predicted octanol–water partition coefficient (Wildman–Crippen LogP) is 3.32. The Morgan fingerprint density at radius 1 is 1.07 bits per heavy atom. The minimum Gasteiger partial charge on any atom is -0.497 e. The monoisotopic (exact) mass is 380 g/mol. The standard InChI is InChI=1S/C18H16N6O2S/c1-12-3-7-14(8-4-12)24-18(20-22-23-24)27-11-16-19-17(21-26-16)13-5-9-15(25-2)10-6-13/h3-10H,11H2,1-2H3. The fourth-order valence-corrected chi connectivity index (χ4v) is 3.14. The van der Waals surface area contributed by atoms with Gasteiger partial charge in [0.05, 0.1) is 18.6 Å². The summed E-state index contributed by atoms with van der Waals surface area (Å²) in [5.41, 5.74) is 2.94. The van der Waals surface area contributed by atoms with E-state index in [9.17, 15) is 0 Å². The lowest BCUT2D eigenvalue weighted by Crippen LogP contribution is -1.99. The second-order valence-corrected chi connectivity index (χ2v) is 6.68. The first kappa shape index (κ1) is 17.2. The minimum atomic E-state index is 0.468. The third-order valence-electron chi connectivity index (χ3n) is 3.86. The molecule has 0 saturated carbocycles. The van der Waals surface area contributed by atoms with Crippen molar-refractivity contribution >= 4 is 11.8 Å². The molecule has 136 valence electrons. The molecule has 8 nitrogen and oxygen atoms in total. The van der Waals surface area contributed by atoms with Crippen LogP contribution in [0.5, 0.6) is 5.75 Å². The van der Waals surface area contributed by atoms with Crippen LogP contribution in [0.2, 0.25) is 0 Å². The van der Waals surface area contributed by atoms with Crippen LogP contribution >= 0.6 is 11.8 Å². The van der Waals surface area contributed by atoms with E-state index in [0.717, 1.165) is 17.0 Å². The van der Waals surface area contributed by atoms with Crippen LogP contribution in [0.3, 0.4) is 0 Å². The third kappa shape index (κ3) is 3.82. The molecule has 27 heavy (non-hydrogen) atoms. The van der Waals surface area contributed by atoms with E-state index in [1.807, 2.05) is 55.5 Å². The van der Waals surface area contributed by atoms with Gasteiger partial charge in [0.2, 0.25) is 16.9 Å². The molecule has 0 amide bonds. The van der Waals surface area contributed by atoms with E-state index in [1.165, 1.54) is 17.3 Å². The lowest BCUT2D eigenvalue weighted by Gasteiger charge is -2.03. The fraction of sp³-hybridized carbons (Fsp3) is 0.167. The molecule has 0 aliphatic carbocycles. The summed E-state index contributed by atoms with van der Waals surface area (Å²) in [5, 5.41) is 16.6. The quantitative estimate of drug-likeness (QED) is 0.470. The van der Waals surface area contributed by atoms with E-state index in [1.54, 1.807) is 11.8 Å². The highest BCUT2D eigenvalue weighted by Gasteiger charge is 2.13. The molecule has 4 rings (SSSR count). The maximum Gasteiger partial charge on any atom is 0.237 e. The van der Waals surface area contributed by atoms with Gasteiger partial charge in [-0.1, -0.05) is 34.6 Å². The molecule has 0 aliphatic heterocycles. The van der Waals surface area contributed by atoms with Gasteiger partial charge >= 0.3 is 0 Å². The zero-order chi connectivity index (χ0) is 18.6. The van der Waals surface area contributed by atoms with Crippen molar-refractivity contribution in [3.05, 3.63) is 60.0 Å². The first-order chi connectivity index (χ1) is 13.2. The van der Waals surface area contributed by atoms with E-state index in [0.29, 0.717) is 22.6 Å². The number of tetrazole rings is 1. The van der Waals surface area contributed by atoms with Crippen LogP contribution in [0, 0.1) is 6.92 Å². The van der Waals surface area contributed by atoms with Gasteiger partial charge in [-0.05, 0) is 53.7 Å². The number of methoxy groups -OCH3 is 1. The summed E-state index contributed by atoms with van der Waals surface area (Å²) in [7, 11) is 1.63. The lowest BCUT2D eigenvalue weighted by molar-refractivity contribution is 0.391. The van der Waals surface area contributed by atoms with Gasteiger partial charge in [0.15, 0.2) is 0 Å². The summed E-state index contributed by atoms with van der Waals surface area (Å²) in [4.78, 5) is 4.43. The molecule has 2 heterocycles. The molecule has 2 aromatic heterocycles. The van der Waals surface area contributed by atoms with E-state index < -0.39 is 0 Å². The van der Waals surface area contributed by atoms with Crippen molar-refractivity contribution in [1.82, 2.24) is 30.3 Å². The molecule has 0 atom stereocenters. The summed E-state index contributed by atoms with van der Waals surface area (Å²) < 4.78 is 12.2. The summed E-state index contributed by atoms with van der Waals surface area (Å²) in [6.45, 7) is 2.04. The Morgan fingerprint density at radius 3 is 2.59 bits per heavy atom. The van der Waals surface area contributed by atoms with Gasteiger partial charge in [0.25, 0.3) is 0 Å². The highest BCUT2D eigenvalue weighted by Crippen LogP contribution is 2.24. The number of hydrogen-bond donors (Lipinski definition) is 0. The number of thioether (sulfide) groups is 1. The molecule has 4 aromatic rings. The molecule has 0 N–H and O–H groups in total. The third-order valence-corrected chi connectivity index (χ3v) is 4.76. The van der Waals surface area contributed by atoms with Crippen molar-refractivity contribution in [2.75, 3.05) is 7.11 Å². The minimum absolute atomic E-state index is 0.468. The molecule has 0 unspecified atom stereocenters. The number of nitrogens with zero attached hydrogens (tertiary/aromatic N) is 6. The molecule has 0 saturated heterocycles. The highest BCUT2D eigenvalue weighted by atomic mass is 32.2. The van der Waals surface area contributed by atoms with Crippen molar-refractivity contribution in [2.24, 2.45) is 0 Å². The lowest BCUT2D eigenvalue weighted by atomic mass is 10.2. The van der Waals surface area contributed by atoms with Gasteiger partial charge in [-0.15, -0.1) is 5.10 Å². The molecule has 0 spiro atoms. The second-order valence-electron chi connectivity index (χ2n) is 5.74. The fourth-order valence-electron chi connectivity index (χ4n) is 2.41. The first-order valence-corrected chi connectivity index (χ1v) is 9.17. The van der Waals surface area contributed by atoms with Gasteiger partial charge in [0, 0.05) is 5.56 Å². The number of benzene rings is 2. The van der Waals surface area contributed by atoms with Gasteiger partial charge < -0.3 is 9.26 Å². The zero-order valence-electron chi connectivity index (χ0n) is 14.7. The molecule has 0 bridgehead atoms. The molecule has 0 fully saturated rings. The average Bonchev–Trinajstić information content (AvgIpc) is 3.36. The number of hydrogen-bond acceptors (Lipinski definition) is 8. The maximum absolute atomic E-state index is 5.34. The van der Waals surface area contributed by atoms with Gasteiger partial charge in [0.1, 0.15) is 5.75 Å². The van der Waals surface area contributed by atoms with Gasteiger partial charge in [-0.2, -0.15) is 9.67 Å². The summed E-state index contributed by atoms with van der Waals surface area (Å²) in [6, 6.07) is 15.5. The molecular weight excluding hydrogens is 364 g/mol. The molecular formula is C18H16N6O2S. The number of aromatic nitrogens is 6. The van der Waals surface area contributed by atoms with Crippen LogP contribution in [-0.4, -0.2) is 37.5 Å². The van der Waals surface area contributed by atoms with Crippen LogP contribution in [-0.2, 0) is 5.75 Å². The smallest absolute Gasteiger partial charge is 0.237 e. The summed E-state index contributed by atoms with van der Waals surface area (Å²) >= 11 is 1.43. The van der Waals surface area contributed by atoms with Crippen molar-refractivity contribution in [3.8, 4) is 22.8 Å². The Hall–Kier alpha value is -3.20. The van der Waals surface area contributed by atoms with E-state index in [2.05, 4.69) is 25.7 Å². The highest BCUT2D eigenvalue weighted by molar-refractivity contribution is 7.98. The van der Waals surface area contributed by atoms with E-state index in [4.69, 9.17) is 9.26 Å². The van der Waals surface area contributed by atoms with Crippen molar-refractivity contribution in [3.63, 3.8) is 0 Å². The van der Waals surface area contributed by atoms with Crippen LogP contribution in [0.4, 0.5) is 0 Å². The van der Waals surface area contributed by atoms with Crippen molar-refractivity contribution in [1.29, 1.82) is 0 Å². The normalized spacial score (nSPS) is 10.9. The zero-order valence-corrected chi connectivity index (χ0v) is 15.6. The van der Waals surface area contributed by atoms with E-state index in [-0.39, 0.29) is 0 Å². The summed E-state index contributed by atoms with van der Waals surface area (Å²) in [5.74, 6) is 2.28. The molecule has 9 heteroatoms. The largest absolute Gasteiger partial charge is 0.497 e. The Kier molecular flexibility index (Phi) is 4.84. The van der Waals surface area contributed by atoms with Crippen molar-refractivity contribution < 1.29 is 9.26 Å². The molecule has 0 aliphatic rings. The Balaban J connectivity index is 1.46. The Morgan fingerprint density at radius 2 is 1.85 bits per heavy atom. The predicted molar refractivity (Wildman–Crippen MR) is 99.7 cm³/mol. The van der Waals surface area contributed by atoms with Gasteiger partial charge in [-0.3, -0.25) is 0 Å². The van der Waals surface area contributed by atoms with E-state index >= 15 is 0 Å². The number of rotatable bonds is 6. The average molecular weight is 380 g/mol. The SMILES string of the molecule is COc1ccc(-c2noc(CSc3nnnn3-c3ccc(C)cc3)n2)cc1. The second kappa shape index (κ2) is 7.58. The van der Waals surface area contributed by atoms with Crippen LogP contribution in [0.25, 0.3) is 17.1 Å². The van der Waals surface area contributed by atoms with Crippen molar-refractivity contribution in [2.45, 2.75) is 17.8 Å². The maximum atomic E-state index is 5.34. The number of ether oxygens (including phenoxy) is 1.